The standard InChI is InChI=1S/C7H6F2O6S2/c8-7(9)5-2-1-4(16(10,11)12)3-6(5)17(13,14)15/h1-3,7H,(H,10,11,12)(H,13,14,15). The number of benzene rings is 1. The fraction of sp³-hybridized carbons (Fsp3) is 0.143. The second-order valence-corrected chi connectivity index (χ2v) is 5.76. The molecular formula is C7H6F2O6S2. The van der Waals surface area contributed by atoms with E-state index in [1.807, 2.05) is 0 Å². The molecule has 0 radical (unpaired) electrons. The zero-order valence-electron chi connectivity index (χ0n) is 7.91. The third kappa shape index (κ3) is 3.19. The van der Waals surface area contributed by atoms with Crippen LogP contribution in [-0.4, -0.2) is 25.9 Å². The lowest BCUT2D eigenvalue weighted by molar-refractivity contribution is 0.147. The first-order valence-electron chi connectivity index (χ1n) is 3.90. The monoisotopic (exact) mass is 288 g/mol. The molecular weight excluding hydrogens is 282 g/mol. The fourth-order valence-corrected chi connectivity index (χ4v) is 2.39. The van der Waals surface area contributed by atoms with E-state index in [1.165, 1.54) is 0 Å². The van der Waals surface area contributed by atoms with Crippen molar-refractivity contribution in [3.8, 4) is 0 Å². The van der Waals surface area contributed by atoms with Gasteiger partial charge in [0.05, 0.1) is 4.90 Å². The zero-order chi connectivity index (χ0) is 13.4. The molecule has 6 nitrogen and oxygen atoms in total. The molecule has 0 aromatic heterocycles. The summed E-state index contributed by atoms with van der Waals surface area (Å²) in [5.41, 5.74) is -1.06. The molecule has 1 aromatic carbocycles. The van der Waals surface area contributed by atoms with E-state index in [0.29, 0.717) is 12.1 Å². The number of alkyl halides is 2. The highest BCUT2D eigenvalue weighted by molar-refractivity contribution is 7.86. The maximum Gasteiger partial charge on any atom is 0.295 e. The van der Waals surface area contributed by atoms with Crippen molar-refractivity contribution in [3.63, 3.8) is 0 Å². The predicted molar refractivity (Wildman–Crippen MR) is 51.0 cm³/mol. The first-order chi connectivity index (χ1) is 7.53. The van der Waals surface area contributed by atoms with Gasteiger partial charge in [0, 0.05) is 5.56 Å². The third-order valence-electron chi connectivity index (χ3n) is 1.80. The molecule has 0 bridgehead atoms. The average Bonchev–Trinajstić information content (AvgIpc) is 2.14. The maximum atomic E-state index is 12.4. The van der Waals surface area contributed by atoms with Gasteiger partial charge < -0.3 is 0 Å². The number of hydrogen-bond donors (Lipinski definition) is 2. The van der Waals surface area contributed by atoms with Crippen LogP contribution >= 0.6 is 0 Å². The van der Waals surface area contributed by atoms with Crippen molar-refractivity contribution in [2.24, 2.45) is 0 Å². The SMILES string of the molecule is O=S(=O)(O)c1ccc(C(F)F)c(S(=O)(=O)O)c1. The van der Waals surface area contributed by atoms with Crippen molar-refractivity contribution < 1.29 is 34.7 Å². The van der Waals surface area contributed by atoms with E-state index in [-0.39, 0.29) is 6.07 Å². The Morgan fingerprint density at radius 1 is 1.00 bits per heavy atom. The van der Waals surface area contributed by atoms with Crippen LogP contribution in [0.15, 0.2) is 28.0 Å². The minimum atomic E-state index is -5.02. The average molecular weight is 288 g/mol. The van der Waals surface area contributed by atoms with Gasteiger partial charge in [-0.1, -0.05) is 6.07 Å². The van der Waals surface area contributed by atoms with Gasteiger partial charge in [-0.05, 0) is 12.1 Å². The Bertz CT molecular complexity index is 634. The number of hydrogen-bond acceptors (Lipinski definition) is 4. The summed E-state index contributed by atoms with van der Waals surface area (Å²) >= 11 is 0. The lowest BCUT2D eigenvalue weighted by Gasteiger charge is -2.07. The quantitative estimate of drug-likeness (QED) is 0.807. The molecule has 1 aromatic rings. The molecule has 0 aliphatic heterocycles. The van der Waals surface area contributed by atoms with Crippen molar-refractivity contribution in [2.45, 2.75) is 16.2 Å². The molecule has 0 saturated carbocycles. The molecule has 0 unspecified atom stereocenters. The van der Waals surface area contributed by atoms with E-state index in [4.69, 9.17) is 9.11 Å². The highest BCUT2D eigenvalue weighted by Gasteiger charge is 2.24. The Kier molecular flexibility index (Phi) is 3.52. The molecule has 17 heavy (non-hydrogen) atoms. The van der Waals surface area contributed by atoms with Crippen molar-refractivity contribution in [1.29, 1.82) is 0 Å². The van der Waals surface area contributed by atoms with E-state index in [0.717, 1.165) is 0 Å². The van der Waals surface area contributed by atoms with E-state index < -0.39 is 42.0 Å². The van der Waals surface area contributed by atoms with Crippen molar-refractivity contribution in [2.75, 3.05) is 0 Å². The lowest BCUT2D eigenvalue weighted by Crippen LogP contribution is -2.07. The molecule has 0 amide bonds. The van der Waals surface area contributed by atoms with Crippen LogP contribution in [0.5, 0.6) is 0 Å². The Balaban J connectivity index is 3.63. The van der Waals surface area contributed by atoms with Gasteiger partial charge in [-0.15, -0.1) is 0 Å². The summed E-state index contributed by atoms with van der Waals surface area (Å²) in [4.78, 5) is -2.17. The van der Waals surface area contributed by atoms with Crippen molar-refractivity contribution in [1.82, 2.24) is 0 Å². The van der Waals surface area contributed by atoms with Crippen LogP contribution in [0.1, 0.15) is 12.0 Å². The number of halogens is 2. The van der Waals surface area contributed by atoms with Crippen LogP contribution in [0.3, 0.4) is 0 Å². The van der Waals surface area contributed by atoms with Crippen LogP contribution in [0.2, 0.25) is 0 Å². The number of rotatable bonds is 3. The van der Waals surface area contributed by atoms with Crippen LogP contribution in [0, 0.1) is 0 Å². The Labute approximate surface area is 95.4 Å². The van der Waals surface area contributed by atoms with Crippen molar-refractivity contribution in [3.05, 3.63) is 23.8 Å². The minimum Gasteiger partial charge on any atom is -0.282 e. The third-order valence-corrected chi connectivity index (χ3v) is 3.55. The van der Waals surface area contributed by atoms with Crippen LogP contribution in [-0.2, 0) is 20.2 Å². The van der Waals surface area contributed by atoms with Gasteiger partial charge in [-0.3, -0.25) is 9.11 Å². The first-order valence-corrected chi connectivity index (χ1v) is 6.78. The van der Waals surface area contributed by atoms with Gasteiger partial charge in [0.25, 0.3) is 26.7 Å². The van der Waals surface area contributed by atoms with E-state index in [2.05, 4.69) is 0 Å². The summed E-state index contributed by atoms with van der Waals surface area (Å²) in [5.74, 6) is 0. The predicted octanol–water partition coefficient (Wildman–Crippen LogP) is 1.12. The molecule has 0 fully saturated rings. The first kappa shape index (κ1) is 14.0. The normalized spacial score (nSPS) is 13.0. The van der Waals surface area contributed by atoms with Gasteiger partial charge in [0.15, 0.2) is 0 Å². The van der Waals surface area contributed by atoms with Crippen molar-refractivity contribution >= 4 is 20.2 Å². The van der Waals surface area contributed by atoms with Gasteiger partial charge >= 0.3 is 0 Å². The highest BCUT2D eigenvalue weighted by Crippen LogP contribution is 2.28. The smallest absolute Gasteiger partial charge is 0.282 e. The molecule has 0 atom stereocenters. The van der Waals surface area contributed by atoms with Gasteiger partial charge in [0.2, 0.25) is 0 Å². The molecule has 0 aliphatic carbocycles. The topological polar surface area (TPSA) is 109 Å². The van der Waals surface area contributed by atoms with Gasteiger partial charge in [0.1, 0.15) is 4.90 Å². The fourth-order valence-electron chi connectivity index (χ4n) is 1.08. The molecule has 96 valence electrons. The largest absolute Gasteiger partial charge is 0.295 e. The zero-order valence-corrected chi connectivity index (χ0v) is 9.54. The highest BCUT2D eigenvalue weighted by atomic mass is 32.2. The molecule has 2 N–H and O–H groups in total. The van der Waals surface area contributed by atoms with E-state index in [9.17, 15) is 25.6 Å². The molecule has 1 rings (SSSR count). The summed E-state index contributed by atoms with van der Waals surface area (Å²) < 4.78 is 85.0. The summed E-state index contributed by atoms with van der Waals surface area (Å²) in [6.45, 7) is 0. The van der Waals surface area contributed by atoms with Gasteiger partial charge in [-0.25, -0.2) is 8.78 Å². The minimum absolute atomic E-state index is 0.256. The van der Waals surface area contributed by atoms with Crippen LogP contribution in [0.25, 0.3) is 0 Å². The summed E-state index contributed by atoms with van der Waals surface area (Å²) in [6, 6.07) is 1.36. The molecule has 0 aliphatic rings. The Hall–Kier alpha value is -1.10. The Morgan fingerprint density at radius 3 is 1.88 bits per heavy atom. The molecule has 0 spiro atoms. The molecule has 0 heterocycles. The second-order valence-electron chi connectivity index (χ2n) is 2.95. The molecule has 0 saturated heterocycles. The summed E-state index contributed by atoms with van der Waals surface area (Å²) in [6.07, 6.45) is -3.22. The van der Waals surface area contributed by atoms with Crippen LogP contribution in [0.4, 0.5) is 8.78 Å². The Morgan fingerprint density at radius 2 is 1.53 bits per heavy atom. The maximum absolute atomic E-state index is 12.4. The lowest BCUT2D eigenvalue weighted by atomic mass is 10.2. The van der Waals surface area contributed by atoms with E-state index >= 15 is 0 Å². The summed E-state index contributed by atoms with van der Waals surface area (Å²) in [5, 5.41) is 0. The van der Waals surface area contributed by atoms with Crippen LogP contribution < -0.4 is 0 Å². The van der Waals surface area contributed by atoms with E-state index in [1.54, 1.807) is 0 Å². The second kappa shape index (κ2) is 4.29. The van der Waals surface area contributed by atoms with Gasteiger partial charge in [-0.2, -0.15) is 16.8 Å². The molecule has 10 heteroatoms. The summed E-state index contributed by atoms with van der Waals surface area (Å²) in [7, 11) is -9.77.